The number of allylic oxidation sites excluding steroid dienone is 2. The lowest BCUT2D eigenvalue weighted by molar-refractivity contribution is 0.246. The Morgan fingerprint density at radius 2 is 2.07 bits per heavy atom. The number of likely N-dealkylation sites (N-methyl/N-ethyl adjacent to an activating group) is 1. The molecule has 1 aromatic rings. The minimum absolute atomic E-state index is 0.0702. The number of hydrogen-bond acceptors (Lipinski definition) is 4. The lowest BCUT2D eigenvalue weighted by Crippen LogP contribution is -2.37. The number of benzene rings is 1. The normalized spacial score (nSPS) is 17.6. The standard InChI is InChI=1S/C20H30ClFN2O2S/c1-3-19(22)18(21)10-7-12-24(2)13-11-16(14-23)20(15-25)27(26)17-8-5-4-6-9-17/h3-10,16,18-20,25H,1,11-15,23H2,2H3/b10-7+. The molecule has 1 aromatic carbocycles. The summed E-state index contributed by atoms with van der Waals surface area (Å²) < 4.78 is 26.1. The van der Waals surface area contributed by atoms with E-state index in [9.17, 15) is 13.7 Å². The molecule has 5 unspecified atom stereocenters. The number of halogens is 2. The highest BCUT2D eigenvalue weighted by molar-refractivity contribution is 7.85. The number of aliphatic hydroxyl groups is 1. The van der Waals surface area contributed by atoms with Crippen LogP contribution >= 0.6 is 11.6 Å². The van der Waals surface area contributed by atoms with E-state index < -0.39 is 27.6 Å². The number of nitrogens with two attached hydrogens (primary N) is 1. The van der Waals surface area contributed by atoms with Crippen LogP contribution in [0.2, 0.25) is 0 Å². The van der Waals surface area contributed by atoms with Gasteiger partial charge in [0.1, 0.15) is 6.17 Å². The lowest BCUT2D eigenvalue weighted by Gasteiger charge is -2.26. The number of hydrogen-bond donors (Lipinski definition) is 2. The van der Waals surface area contributed by atoms with Gasteiger partial charge < -0.3 is 15.7 Å². The van der Waals surface area contributed by atoms with Crippen molar-refractivity contribution < 1.29 is 13.7 Å². The molecule has 0 aliphatic rings. The zero-order valence-electron chi connectivity index (χ0n) is 15.7. The molecule has 0 amide bonds. The van der Waals surface area contributed by atoms with E-state index in [0.29, 0.717) is 31.0 Å². The molecular formula is C20H30ClFN2O2S. The highest BCUT2D eigenvalue weighted by Crippen LogP contribution is 2.20. The van der Waals surface area contributed by atoms with Crippen LogP contribution in [0.5, 0.6) is 0 Å². The highest BCUT2D eigenvalue weighted by atomic mass is 35.5. The molecule has 27 heavy (non-hydrogen) atoms. The maximum atomic E-state index is 13.3. The van der Waals surface area contributed by atoms with E-state index in [-0.39, 0.29) is 12.5 Å². The predicted molar refractivity (Wildman–Crippen MR) is 112 cm³/mol. The fourth-order valence-electron chi connectivity index (χ4n) is 2.66. The molecule has 1 rings (SSSR count). The summed E-state index contributed by atoms with van der Waals surface area (Å²) in [5, 5.41) is 8.64. The number of nitrogens with zero attached hydrogens (tertiary/aromatic N) is 1. The van der Waals surface area contributed by atoms with Crippen molar-refractivity contribution in [1.82, 2.24) is 4.90 Å². The van der Waals surface area contributed by atoms with E-state index in [1.54, 1.807) is 18.2 Å². The van der Waals surface area contributed by atoms with Crippen LogP contribution in [0.3, 0.4) is 0 Å². The second-order valence-corrected chi connectivity index (χ2v) is 8.61. The molecule has 152 valence electrons. The van der Waals surface area contributed by atoms with Crippen molar-refractivity contribution in [3.63, 3.8) is 0 Å². The minimum Gasteiger partial charge on any atom is -0.395 e. The summed E-state index contributed by atoms with van der Waals surface area (Å²) in [6, 6.07) is 9.12. The third-order valence-electron chi connectivity index (χ3n) is 4.41. The second-order valence-electron chi connectivity index (χ2n) is 6.43. The van der Waals surface area contributed by atoms with Gasteiger partial charge in [0.25, 0.3) is 0 Å². The van der Waals surface area contributed by atoms with Crippen molar-refractivity contribution in [3.8, 4) is 0 Å². The highest BCUT2D eigenvalue weighted by Gasteiger charge is 2.26. The van der Waals surface area contributed by atoms with E-state index in [0.717, 1.165) is 0 Å². The SMILES string of the molecule is C=CC(F)C(Cl)/C=C/CN(C)CCC(CN)C(CO)S(=O)c1ccccc1. The lowest BCUT2D eigenvalue weighted by atomic mass is 10.0. The van der Waals surface area contributed by atoms with E-state index in [1.807, 2.05) is 36.2 Å². The first-order valence-corrected chi connectivity index (χ1v) is 10.6. The van der Waals surface area contributed by atoms with E-state index in [2.05, 4.69) is 6.58 Å². The molecular weight excluding hydrogens is 387 g/mol. The predicted octanol–water partition coefficient (Wildman–Crippen LogP) is 2.74. The van der Waals surface area contributed by atoms with Gasteiger partial charge in [-0.2, -0.15) is 0 Å². The van der Waals surface area contributed by atoms with Crippen LogP contribution in [-0.4, -0.2) is 64.3 Å². The first-order valence-electron chi connectivity index (χ1n) is 8.97. The van der Waals surface area contributed by atoms with E-state index >= 15 is 0 Å². The van der Waals surface area contributed by atoms with Crippen LogP contribution in [0.25, 0.3) is 0 Å². The Hall–Kier alpha value is -1.05. The Morgan fingerprint density at radius 1 is 1.41 bits per heavy atom. The summed E-state index contributed by atoms with van der Waals surface area (Å²) in [6.07, 6.45) is 4.04. The molecule has 0 aromatic heterocycles. The fourth-order valence-corrected chi connectivity index (χ4v) is 4.37. The fraction of sp³-hybridized carbons (Fsp3) is 0.500. The molecule has 0 aliphatic carbocycles. The Morgan fingerprint density at radius 3 is 2.63 bits per heavy atom. The van der Waals surface area contributed by atoms with Crippen molar-refractivity contribution in [2.45, 2.75) is 28.1 Å². The van der Waals surface area contributed by atoms with Gasteiger partial charge in [-0.05, 0) is 44.6 Å². The van der Waals surface area contributed by atoms with E-state index in [4.69, 9.17) is 17.3 Å². The maximum Gasteiger partial charge on any atom is 0.138 e. The van der Waals surface area contributed by atoms with Gasteiger partial charge >= 0.3 is 0 Å². The average molecular weight is 417 g/mol. The smallest absolute Gasteiger partial charge is 0.138 e. The molecule has 0 heterocycles. The zero-order valence-corrected chi connectivity index (χ0v) is 17.3. The number of aliphatic hydroxyl groups excluding tert-OH is 1. The van der Waals surface area contributed by atoms with Crippen LogP contribution < -0.4 is 5.73 Å². The second kappa shape index (κ2) is 13.2. The average Bonchev–Trinajstić information content (AvgIpc) is 2.70. The van der Waals surface area contributed by atoms with Crippen LogP contribution in [0, 0.1) is 5.92 Å². The van der Waals surface area contributed by atoms with Crippen LogP contribution in [0.1, 0.15) is 6.42 Å². The minimum atomic E-state index is -1.31. The van der Waals surface area contributed by atoms with Gasteiger partial charge in [-0.3, -0.25) is 4.21 Å². The van der Waals surface area contributed by atoms with Gasteiger partial charge in [0.05, 0.1) is 28.0 Å². The van der Waals surface area contributed by atoms with Crippen molar-refractivity contribution in [2.24, 2.45) is 11.7 Å². The largest absolute Gasteiger partial charge is 0.395 e. The summed E-state index contributed by atoms with van der Waals surface area (Å²) >= 11 is 5.89. The molecule has 0 saturated heterocycles. The molecule has 3 N–H and O–H groups in total. The summed E-state index contributed by atoms with van der Waals surface area (Å²) in [6.45, 7) is 4.87. The van der Waals surface area contributed by atoms with Gasteiger partial charge in [-0.1, -0.05) is 36.4 Å². The summed E-state index contributed by atoms with van der Waals surface area (Å²) in [5.41, 5.74) is 5.89. The maximum absolute atomic E-state index is 13.3. The Kier molecular flexibility index (Phi) is 11.7. The monoisotopic (exact) mass is 416 g/mol. The quantitative estimate of drug-likeness (QED) is 0.383. The Labute approximate surface area is 169 Å². The molecule has 0 saturated carbocycles. The van der Waals surface area contributed by atoms with Gasteiger partial charge in [-0.25, -0.2) is 4.39 Å². The molecule has 0 radical (unpaired) electrons. The van der Waals surface area contributed by atoms with E-state index in [1.165, 1.54) is 6.08 Å². The molecule has 0 spiro atoms. The molecule has 5 atom stereocenters. The number of rotatable bonds is 13. The number of alkyl halides is 2. The Balaban J connectivity index is 2.57. The molecule has 0 bridgehead atoms. The molecule has 0 fully saturated rings. The summed E-state index contributed by atoms with van der Waals surface area (Å²) in [4.78, 5) is 2.74. The van der Waals surface area contributed by atoms with Gasteiger partial charge in [0.2, 0.25) is 0 Å². The third kappa shape index (κ3) is 8.23. The topological polar surface area (TPSA) is 66.6 Å². The van der Waals surface area contributed by atoms with Gasteiger partial charge in [-0.15, -0.1) is 18.2 Å². The molecule has 0 aliphatic heterocycles. The van der Waals surface area contributed by atoms with Crippen LogP contribution in [0.4, 0.5) is 4.39 Å². The Bertz CT molecular complexity index is 603. The molecule has 7 heteroatoms. The van der Waals surface area contributed by atoms with Gasteiger partial charge in [0.15, 0.2) is 0 Å². The zero-order chi connectivity index (χ0) is 20.2. The van der Waals surface area contributed by atoms with Crippen molar-refractivity contribution in [2.75, 3.05) is 33.3 Å². The van der Waals surface area contributed by atoms with Crippen LogP contribution in [0.15, 0.2) is 60.0 Å². The first kappa shape index (κ1) is 24.0. The van der Waals surface area contributed by atoms with Crippen molar-refractivity contribution in [3.05, 3.63) is 55.1 Å². The summed E-state index contributed by atoms with van der Waals surface area (Å²) in [7, 11) is 0.619. The molecule has 4 nitrogen and oxygen atoms in total. The third-order valence-corrected chi connectivity index (χ3v) is 6.61. The first-order chi connectivity index (χ1) is 12.9. The van der Waals surface area contributed by atoms with Crippen molar-refractivity contribution in [1.29, 1.82) is 0 Å². The van der Waals surface area contributed by atoms with Gasteiger partial charge in [0, 0.05) is 11.4 Å². The van der Waals surface area contributed by atoms with Crippen molar-refractivity contribution >= 4 is 22.4 Å². The summed E-state index contributed by atoms with van der Waals surface area (Å²) in [5.74, 6) is -0.0702. The van der Waals surface area contributed by atoms with Crippen LogP contribution in [-0.2, 0) is 10.8 Å².